The first kappa shape index (κ1) is 11.7. The highest BCUT2D eigenvalue weighted by atomic mass is 19.1. The molecule has 0 bridgehead atoms. The van der Waals surface area contributed by atoms with Crippen LogP contribution in [0.4, 0.5) is 8.78 Å². The number of rotatable bonds is 2. The van der Waals surface area contributed by atoms with Crippen molar-refractivity contribution in [3.05, 3.63) is 65.0 Å². The standard InChI is InChI=1S/C13H12F2N2/c1-8-5-9(7-10(14)6-8)12(16)13-11(15)3-2-4-17-13/h2-7,12H,16H2,1H3. The topological polar surface area (TPSA) is 38.9 Å². The molecule has 1 aromatic carbocycles. The molecule has 2 N–H and O–H groups in total. The Kier molecular flexibility index (Phi) is 3.15. The number of aromatic nitrogens is 1. The van der Waals surface area contributed by atoms with Gasteiger partial charge in [0.05, 0.1) is 11.7 Å². The highest BCUT2D eigenvalue weighted by Gasteiger charge is 2.15. The van der Waals surface area contributed by atoms with Gasteiger partial charge < -0.3 is 5.73 Å². The summed E-state index contributed by atoms with van der Waals surface area (Å²) in [5, 5.41) is 0. The van der Waals surface area contributed by atoms with Gasteiger partial charge in [0, 0.05) is 6.20 Å². The molecule has 0 radical (unpaired) electrons. The third-order valence-corrected chi connectivity index (χ3v) is 2.51. The molecule has 88 valence electrons. The monoisotopic (exact) mass is 234 g/mol. The van der Waals surface area contributed by atoms with E-state index < -0.39 is 11.9 Å². The van der Waals surface area contributed by atoms with Crippen LogP contribution in [0.15, 0.2) is 36.5 Å². The summed E-state index contributed by atoms with van der Waals surface area (Å²) in [6.07, 6.45) is 1.46. The van der Waals surface area contributed by atoms with Gasteiger partial charge in [-0.05, 0) is 42.3 Å². The zero-order chi connectivity index (χ0) is 12.4. The molecule has 1 unspecified atom stereocenters. The van der Waals surface area contributed by atoms with Crippen molar-refractivity contribution in [1.29, 1.82) is 0 Å². The number of hydrogen-bond acceptors (Lipinski definition) is 2. The Labute approximate surface area is 98.1 Å². The lowest BCUT2D eigenvalue weighted by Crippen LogP contribution is -2.15. The molecule has 0 saturated heterocycles. The molecule has 2 rings (SSSR count). The van der Waals surface area contributed by atoms with Gasteiger partial charge in [-0.3, -0.25) is 4.98 Å². The molecule has 0 fully saturated rings. The Balaban J connectivity index is 2.43. The second-order valence-corrected chi connectivity index (χ2v) is 3.91. The summed E-state index contributed by atoms with van der Waals surface area (Å²) >= 11 is 0. The minimum Gasteiger partial charge on any atom is -0.319 e. The molecular weight excluding hydrogens is 222 g/mol. The largest absolute Gasteiger partial charge is 0.319 e. The van der Waals surface area contributed by atoms with Crippen LogP contribution in [0.1, 0.15) is 22.9 Å². The Morgan fingerprint density at radius 1 is 1.24 bits per heavy atom. The van der Waals surface area contributed by atoms with Gasteiger partial charge in [0.2, 0.25) is 0 Å². The van der Waals surface area contributed by atoms with Crippen LogP contribution < -0.4 is 5.73 Å². The van der Waals surface area contributed by atoms with Gasteiger partial charge in [0.25, 0.3) is 0 Å². The van der Waals surface area contributed by atoms with E-state index in [9.17, 15) is 8.78 Å². The van der Waals surface area contributed by atoms with Gasteiger partial charge in [0.1, 0.15) is 11.6 Å². The highest BCUT2D eigenvalue weighted by molar-refractivity contribution is 5.31. The predicted molar refractivity (Wildman–Crippen MR) is 61.4 cm³/mol. The number of pyridine rings is 1. The normalized spacial score (nSPS) is 12.5. The van der Waals surface area contributed by atoms with Gasteiger partial charge in [-0.2, -0.15) is 0 Å². The van der Waals surface area contributed by atoms with Crippen LogP contribution in [0.5, 0.6) is 0 Å². The van der Waals surface area contributed by atoms with Gasteiger partial charge in [-0.25, -0.2) is 8.78 Å². The molecule has 1 heterocycles. The first-order chi connectivity index (χ1) is 8.08. The maximum atomic E-state index is 13.5. The fourth-order valence-corrected chi connectivity index (χ4v) is 1.73. The lowest BCUT2D eigenvalue weighted by atomic mass is 10.0. The van der Waals surface area contributed by atoms with Crippen molar-refractivity contribution < 1.29 is 8.78 Å². The van der Waals surface area contributed by atoms with E-state index in [0.717, 1.165) is 5.56 Å². The van der Waals surface area contributed by atoms with Gasteiger partial charge in [0.15, 0.2) is 0 Å². The predicted octanol–water partition coefficient (Wildman–Crippen LogP) is 2.72. The van der Waals surface area contributed by atoms with Gasteiger partial charge in [-0.15, -0.1) is 0 Å². The van der Waals surface area contributed by atoms with Crippen LogP contribution in [0.25, 0.3) is 0 Å². The summed E-state index contributed by atoms with van der Waals surface area (Å²) in [5.41, 5.74) is 7.26. The minimum absolute atomic E-state index is 0.123. The van der Waals surface area contributed by atoms with Crippen LogP contribution in [0.3, 0.4) is 0 Å². The Hall–Kier alpha value is -1.81. The lowest BCUT2D eigenvalue weighted by Gasteiger charge is -2.13. The van der Waals surface area contributed by atoms with Crippen molar-refractivity contribution in [3.8, 4) is 0 Å². The molecule has 4 heteroatoms. The highest BCUT2D eigenvalue weighted by Crippen LogP contribution is 2.21. The fraction of sp³-hybridized carbons (Fsp3) is 0.154. The molecule has 0 saturated carbocycles. The second kappa shape index (κ2) is 4.59. The summed E-state index contributed by atoms with van der Waals surface area (Å²) in [7, 11) is 0. The van der Waals surface area contributed by atoms with Crippen molar-refractivity contribution in [2.75, 3.05) is 0 Å². The van der Waals surface area contributed by atoms with Gasteiger partial charge >= 0.3 is 0 Å². The molecule has 0 spiro atoms. The van der Waals surface area contributed by atoms with E-state index in [0.29, 0.717) is 5.56 Å². The SMILES string of the molecule is Cc1cc(F)cc(C(N)c2ncccc2F)c1. The molecular formula is C13H12F2N2. The Bertz CT molecular complexity index is 520. The van der Waals surface area contributed by atoms with Gasteiger partial charge in [-0.1, -0.05) is 6.07 Å². The smallest absolute Gasteiger partial charge is 0.146 e. The number of halogens is 2. The molecule has 2 nitrogen and oxygen atoms in total. The Morgan fingerprint density at radius 3 is 2.65 bits per heavy atom. The third kappa shape index (κ3) is 2.47. The van der Waals surface area contributed by atoms with Crippen LogP contribution in [-0.2, 0) is 0 Å². The molecule has 0 aliphatic rings. The summed E-state index contributed by atoms with van der Waals surface area (Å²) in [6.45, 7) is 1.76. The molecule has 0 aliphatic carbocycles. The average Bonchev–Trinajstić information content (AvgIpc) is 2.27. The maximum Gasteiger partial charge on any atom is 0.146 e. The average molecular weight is 234 g/mol. The molecule has 0 aliphatic heterocycles. The number of nitrogens with two attached hydrogens (primary N) is 1. The zero-order valence-electron chi connectivity index (χ0n) is 9.32. The van der Waals surface area contributed by atoms with E-state index in [2.05, 4.69) is 4.98 Å². The summed E-state index contributed by atoms with van der Waals surface area (Å²) in [6, 6.07) is 6.43. The van der Waals surface area contributed by atoms with E-state index in [1.165, 1.54) is 30.5 Å². The molecule has 17 heavy (non-hydrogen) atoms. The number of nitrogens with zero attached hydrogens (tertiary/aromatic N) is 1. The van der Waals surface area contributed by atoms with E-state index in [4.69, 9.17) is 5.73 Å². The van der Waals surface area contributed by atoms with Crippen LogP contribution in [0.2, 0.25) is 0 Å². The molecule has 0 amide bonds. The van der Waals surface area contributed by atoms with Crippen molar-refractivity contribution in [2.45, 2.75) is 13.0 Å². The maximum absolute atomic E-state index is 13.5. The summed E-state index contributed by atoms with van der Waals surface area (Å²) < 4.78 is 26.7. The zero-order valence-corrected chi connectivity index (χ0v) is 9.32. The molecule has 1 atom stereocenters. The van der Waals surface area contributed by atoms with E-state index in [1.54, 1.807) is 13.0 Å². The van der Waals surface area contributed by atoms with Crippen LogP contribution in [-0.4, -0.2) is 4.98 Å². The van der Waals surface area contributed by atoms with Crippen molar-refractivity contribution >= 4 is 0 Å². The summed E-state index contributed by atoms with van der Waals surface area (Å²) in [4.78, 5) is 3.89. The van der Waals surface area contributed by atoms with Crippen LogP contribution in [0, 0.1) is 18.6 Å². The summed E-state index contributed by atoms with van der Waals surface area (Å²) in [5.74, 6) is -0.867. The van der Waals surface area contributed by atoms with Crippen molar-refractivity contribution in [1.82, 2.24) is 4.98 Å². The quantitative estimate of drug-likeness (QED) is 0.867. The molecule has 1 aromatic heterocycles. The van der Waals surface area contributed by atoms with Crippen LogP contribution >= 0.6 is 0 Å². The lowest BCUT2D eigenvalue weighted by molar-refractivity contribution is 0.583. The van der Waals surface area contributed by atoms with E-state index in [-0.39, 0.29) is 11.5 Å². The number of hydrogen-bond donors (Lipinski definition) is 1. The second-order valence-electron chi connectivity index (χ2n) is 3.91. The fourth-order valence-electron chi connectivity index (χ4n) is 1.73. The molecule has 2 aromatic rings. The Morgan fingerprint density at radius 2 is 2.00 bits per heavy atom. The number of aryl methyl sites for hydroxylation is 1. The van der Waals surface area contributed by atoms with E-state index >= 15 is 0 Å². The van der Waals surface area contributed by atoms with Crippen molar-refractivity contribution in [3.63, 3.8) is 0 Å². The number of benzene rings is 1. The van der Waals surface area contributed by atoms with Crippen molar-refractivity contribution in [2.24, 2.45) is 5.73 Å². The van der Waals surface area contributed by atoms with E-state index in [1.807, 2.05) is 0 Å². The first-order valence-corrected chi connectivity index (χ1v) is 5.21. The first-order valence-electron chi connectivity index (χ1n) is 5.21. The third-order valence-electron chi connectivity index (χ3n) is 2.51. The minimum atomic E-state index is -0.759.